The van der Waals surface area contributed by atoms with Crippen molar-refractivity contribution in [2.24, 2.45) is 0 Å². The van der Waals surface area contributed by atoms with Gasteiger partial charge < -0.3 is 10.2 Å². The fraction of sp³-hybridized carbons (Fsp3) is 0.529. The third kappa shape index (κ3) is 3.69. The molecule has 0 radical (unpaired) electrons. The Morgan fingerprint density at radius 3 is 2.64 bits per heavy atom. The Labute approximate surface area is 148 Å². The van der Waals surface area contributed by atoms with Gasteiger partial charge in [0.15, 0.2) is 0 Å². The van der Waals surface area contributed by atoms with E-state index in [0.29, 0.717) is 13.1 Å². The lowest BCUT2D eigenvalue weighted by atomic mass is 9.89. The van der Waals surface area contributed by atoms with E-state index in [2.05, 4.69) is 5.32 Å². The Morgan fingerprint density at radius 1 is 1.24 bits per heavy atom. The lowest BCUT2D eigenvalue weighted by Crippen LogP contribution is -2.41. The van der Waals surface area contributed by atoms with Crippen molar-refractivity contribution in [3.63, 3.8) is 0 Å². The molecule has 25 heavy (non-hydrogen) atoms. The molecule has 136 valence electrons. The highest BCUT2D eigenvalue weighted by atomic mass is 32.2. The number of hydrogen-bond donors (Lipinski definition) is 1. The molecule has 3 rings (SSSR count). The summed E-state index contributed by atoms with van der Waals surface area (Å²) in [5.41, 5.74) is 1.52. The van der Waals surface area contributed by atoms with E-state index >= 15 is 0 Å². The van der Waals surface area contributed by atoms with Gasteiger partial charge in [-0.15, -0.1) is 0 Å². The summed E-state index contributed by atoms with van der Waals surface area (Å²) >= 11 is 0. The zero-order valence-electron chi connectivity index (χ0n) is 14.3. The number of carbonyl (C=O) groups is 2. The van der Waals surface area contributed by atoms with Crippen molar-refractivity contribution >= 4 is 27.5 Å². The number of anilines is 1. The van der Waals surface area contributed by atoms with Crippen molar-refractivity contribution in [2.45, 2.75) is 25.2 Å². The average molecular weight is 365 g/mol. The highest BCUT2D eigenvalue weighted by Crippen LogP contribution is 2.35. The number of hydrogen-bond acceptors (Lipinski definition) is 4. The SMILES string of the molecule is CN1C(=O)C[C@H](C(=O)NCCS(=O)(=O)N2CCCC2)c2ccccc21. The molecule has 1 atom stereocenters. The second-order valence-electron chi connectivity index (χ2n) is 6.48. The monoisotopic (exact) mass is 365 g/mol. The van der Waals surface area contributed by atoms with Crippen LogP contribution in [-0.2, 0) is 19.6 Å². The van der Waals surface area contributed by atoms with Gasteiger partial charge in [-0.3, -0.25) is 9.59 Å². The third-order valence-corrected chi connectivity index (χ3v) is 6.73. The number of carbonyl (C=O) groups excluding carboxylic acids is 2. The van der Waals surface area contributed by atoms with E-state index in [4.69, 9.17) is 0 Å². The molecule has 0 bridgehead atoms. The largest absolute Gasteiger partial charge is 0.354 e. The average Bonchev–Trinajstić information content (AvgIpc) is 3.13. The van der Waals surface area contributed by atoms with Crippen LogP contribution >= 0.6 is 0 Å². The fourth-order valence-electron chi connectivity index (χ4n) is 3.40. The number of amides is 2. The van der Waals surface area contributed by atoms with E-state index in [1.54, 1.807) is 11.9 Å². The number of benzene rings is 1. The van der Waals surface area contributed by atoms with Gasteiger partial charge in [0, 0.05) is 38.8 Å². The highest BCUT2D eigenvalue weighted by molar-refractivity contribution is 7.89. The zero-order valence-corrected chi connectivity index (χ0v) is 15.1. The van der Waals surface area contributed by atoms with Gasteiger partial charge in [-0.25, -0.2) is 12.7 Å². The molecule has 0 spiro atoms. The topological polar surface area (TPSA) is 86.8 Å². The molecule has 2 aliphatic heterocycles. The predicted molar refractivity (Wildman–Crippen MR) is 94.8 cm³/mol. The van der Waals surface area contributed by atoms with Crippen LogP contribution in [0, 0.1) is 0 Å². The fourth-order valence-corrected chi connectivity index (χ4v) is 4.83. The summed E-state index contributed by atoms with van der Waals surface area (Å²) in [7, 11) is -1.63. The minimum absolute atomic E-state index is 0.0559. The quantitative estimate of drug-likeness (QED) is 0.831. The van der Waals surface area contributed by atoms with E-state index < -0.39 is 15.9 Å². The Kier molecular flexibility index (Phi) is 5.10. The summed E-state index contributed by atoms with van der Waals surface area (Å²) in [5, 5.41) is 2.69. The number of nitrogens with zero attached hydrogens (tertiary/aromatic N) is 2. The second kappa shape index (κ2) is 7.13. The van der Waals surface area contributed by atoms with Crippen molar-refractivity contribution in [1.82, 2.24) is 9.62 Å². The normalized spacial score (nSPS) is 21.2. The van der Waals surface area contributed by atoms with Crippen LogP contribution in [0.15, 0.2) is 24.3 Å². The first-order chi connectivity index (χ1) is 11.9. The van der Waals surface area contributed by atoms with E-state index in [1.165, 1.54) is 4.31 Å². The molecule has 2 heterocycles. The lowest BCUT2D eigenvalue weighted by molar-refractivity contribution is -0.127. The summed E-state index contributed by atoms with van der Waals surface area (Å²) in [6, 6.07) is 7.31. The van der Waals surface area contributed by atoms with Gasteiger partial charge in [-0.1, -0.05) is 18.2 Å². The Balaban J connectivity index is 1.64. The van der Waals surface area contributed by atoms with Crippen molar-refractivity contribution in [1.29, 1.82) is 0 Å². The Bertz CT molecular complexity index is 772. The van der Waals surface area contributed by atoms with Gasteiger partial charge >= 0.3 is 0 Å². The molecule has 1 aromatic carbocycles. The molecular weight excluding hydrogens is 342 g/mol. The first-order valence-corrected chi connectivity index (χ1v) is 10.1. The number of sulfonamides is 1. The Hall–Kier alpha value is -1.93. The predicted octanol–water partition coefficient (Wildman–Crippen LogP) is 0.679. The first-order valence-electron chi connectivity index (χ1n) is 8.51. The minimum Gasteiger partial charge on any atom is -0.354 e. The van der Waals surface area contributed by atoms with Crippen LogP contribution in [0.25, 0.3) is 0 Å². The van der Waals surface area contributed by atoms with Crippen LogP contribution < -0.4 is 10.2 Å². The van der Waals surface area contributed by atoms with Crippen LogP contribution in [-0.4, -0.2) is 57.0 Å². The van der Waals surface area contributed by atoms with E-state index in [9.17, 15) is 18.0 Å². The van der Waals surface area contributed by atoms with Crippen molar-refractivity contribution < 1.29 is 18.0 Å². The van der Waals surface area contributed by atoms with E-state index in [-0.39, 0.29) is 30.5 Å². The molecular formula is C17H23N3O4S. The zero-order chi connectivity index (χ0) is 18.0. The standard InChI is InChI=1S/C17H23N3O4S/c1-19-15-7-3-2-6-13(15)14(12-16(19)21)17(22)18-8-11-25(23,24)20-9-4-5-10-20/h2-3,6-7,14H,4-5,8-12H2,1H3,(H,18,22)/t14-/m0/s1. The molecule has 8 heteroatoms. The van der Waals surface area contributed by atoms with Gasteiger partial charge in [0.25, 0.3) is 0 Å². The maximum atomic E-state index is 12.5. The van der Waals surface area contributed by atoms with Gasteiger partial charge in [0.1, 0.15) is 0 Å². The highest BCUT2D eigenvalue weighted by Gasteiger charge is 2.33. The van der Waals surface area contributed by atoms with E-state index in [0.717, 1.165) is 24.1 Å². The second-order valence-corrected chi connectivity index (χ2v) is 8.57. The third-order valence-electron chi connectivity index (χ3n) is 4.86. The molecule has 0 saturated carbocycles. The van der Waals surface area contributed by atoms with Crippen LogP contribution in [0.2, 0.25) is 0 Å². The van der Waals surface area contributed by atoms with Gasteiger partial charge in [0.05, 0.1) is 11.7 Å². The lowest BCUT2D eigenvalue weighted by Gasteiger charge is -2.30. The van der Waals surface area contributed by atoms with Crippen LogP contribution in [0.3, 0.4) is 0 Å². The first kappa shape index (κ1) is 17.9. The molecule has 1 aromatic rings. The smallest absolute Gasteiger partial charge is 0.228 e. The van der Waals surface area contributed by atoms with Gasteiger partial charge in [0.2, 0.25) is 21.8 Å². The number of fused-ring (bicyclic) bond motifs is 1. The molecule has 2 amide bonds. The van der Waals surface area contributed by atoms with Crippen molar-refractivity contribution in [2.75, 3.05) is 37.3 Å². The van der Waals surface area contributed by atoms with Crippen LogP contribution in [0.5, 0.6) is 0 Å². The molecule has 0 aliphatic carbocycles. The molecule has 1 N–H and O–H groups in total. The summed E-state index contributed by atoms with van der Waals surface area (Å²) in [5.74, 6) is -1.11. The van der Waals surface area contributed by atoms with Crippen LogP contribution in [0.4, 0.5) is 5.69 Å². The summed E-state index contributed by atoms with van der Waals surface area (Å²) in [6.07, 6.45) is 1.87. The summed E-state index contributed by atoms with van der Waals surface area (Å²) < 4.78 is 25.9. The number of nitrogens with one attached hydrogen (secondary N) is 1. The van der Waals surface area contributed by atoms with E-state index in [1.807, 2.05) is 24.3 Å². The van der Waals surface area contributed by atoms with Crippen LogP contribution in [0.1, 0.15) is 30.7 Å². The Morgan fingerprint density at radius 2 is 1.92 bits per heavy atom. The molecule has 2 aliphatic rings. The summed E-state index contributed by atoms with van der Waals surface area (Å²) in [6.45, 7) is 1.18. The summed E-state index contributed by atoms with van der Waals surface area (Å²) in [4.78, 5) is 26.2. The van der Waals surface area contributed by atoms with Gasteiger partial charge in [-0.2, -0.15) is 0 Å². The number of para-hydroxylation sites is 1. The molecule has 1 saturated heterocycles. The maximum absolute atomic E-state index is 12.5. The molecule has 0 unspecified atom stereocenters. The molecule has 1 fully saturated rings. The van der Waals surface area contributed by atoms with Gasteiger partial charge in [-0.05, 0) is 24.5 Å². The van der Waals surface area contributed by atoms with Crippen molar-refractivity contribution in [3.05, 3.63) is 29.8 Å². The van der Waals surface area contributed by atoms with Crippen molar-refractivity contribution in [3.8, 4) is 0 Å². The number of rotatable bonds is 5. The minimum atomic E-state index is -3.32. The molecule has 7 nitrogen and oxygen atoms in total. The molecule has 0 aromatic heterocycles. The maximum Gasteiger partial charge on any atom is 0.228 e.